The molecule has 2 rings (SSSR count). The molecular weight excluding hydrogens is 278 g/mol. The smallest absolute Gasteiger partial charge is 0.309 e. The largest absolute Gasteiger partial charge is 0.481 e. The summed E-state index contributed by atoms with van der Waals surface area (Å²) < 4.78 is 0. The van der Waals surface area contributed by atoms with Crippen LogP contribution in [0.5, 0.6) is 0 Å². The second kappa shape index (κ2) is 5.44. The average Bonchev–Trinajstić information content (AvgIpc) is 2.42. The van der Waals surface area contributed by atoms with Gasteiger partial charge in [-0.2, -0.15) is 0 Å². The lowest BCUT2D eigenvalue weighted by atomic mass is 9.80. The van der Waals surface area contributed by atoms with E-state index >= 15 is 0 Å². The number of carbonyl (C=O) groups is 2. The van der Waals surface area contributed by atoms with Gasteiger partial charge in [-0.05, 0) is 38.3 Å². The Kier molecular flexibility index (Phi) is 4.04. The fraction of sp³-hybridized carbons (Fsp3) is 0.467. The van der Waals surface area contributed by atoms with E-state index < -0.39 is 11.4 Å². The van der Waals surface area contributed by atoms with Crippen LogP contribution in [0.15, 0.2) is 18.2 Å². The van der Waals surface area contributed by atoms with Gasteiger partial charge in [0.2, 0.25) is 0 Å². The first-order valence-corrected chi connectivity index (χ1v) is 7.01. The zero-order valence-corrected chi connectivity index (χ0v) is 12.4. The Bertz CT molecular complexity index is 548. The predicted molar refractivity (Wildman–Crippen MR) is 77.1 cm³/mol. The van der Waals surface area contributed by atoms with E-state index in [9.17, 15) is 14.7 Å². The maximum Gasteiger partial charge on any atom is 0.309 e. The van der Waals surface area contributed by atoms with Crippen molar-refractivity contribution >= 4 is 23.5 Å². The van der Waals surface area contributed by atoms with Crippen molar-refractivity contribution in [2.45, 2.75) is 26.7 Å². The first kappa shape index (κ1) is 14.9. The van der Waals surface area contributed by atoms with Gasteiger partial charge in [0, 0.05) is 13.1 Å². The molecule has 1 aliphatic heterocycles. The van der Waals surface area contributed by atoms with Gasteiger partial charge in [-0.25, -0.2) is 0 Å². The summed E-state index contributed by atoms with van der Waals surface area (Å²) in [6, 6.07) is 5.37. The molecule has 108 valence electrons. The molecular formula is C15H18ClNO3. The molecule has 1 heterocycles. The fourth-order valence-corrected chi connectivity index (χ4v) is 2.61. The molecule has 0 bridgehead atoms. The van der Waals surface area contributed by atoms with E-state index in [1.807, 2.05) is 13.0 Å². The van der Waals surface area contributed by atoms with Crippen molar-refractivity contribution in [3.05, 3.63) is 34.3 Å². The first-order valence-electron chi connectivity index (χ1n) is 6.63. The standard InChI is InChI=1S/C15H18ClNO3/c1-10-4-3-5-11(12(10)16)13(18)17-8-6-15(2,7-9-17)14(19)20/h3-5H,6-9H2,1-2H3,(H,19,20). The molecule has 0 saturated carbocycles. The van der Waals surface area contributed by atoms with E-state index in [4.69, 9.17) is 11.6 Å². The first-order chi connectivity index (χ1) is 9.35. The van der Waals surface area contributed by atoms with Gasteiger partial charge in [-0.1, -0.05) is 23.7 Å². The van der Waals surface area contributed by atoms with Crippen molar-refractivity contribution in [2.75, 3.05) is 13.1 Å². The maximum absolute atomic E-state index is 12.4. The Hall–Kier alpha value is -1.55. The zero-order valence-electron chi connectivity index (χ0n) is 11.6. The third-order valence-electron chi connectivity index (χ3n) is 4.09. The van der Waals surface area contributed by atoms with Crippen LogP contribution in [0.2, 0.25) is 5.02 Å². The fourth-order valence-electron chi connectivity index (χ4n) is 2.40. The molecule has 1 aromatic rings. The third kappa shape index (κ3) is 2.66. The van der Waals surface area contributed by atoms with E-state index in [0.29, 0.717) is 36.5 Å². The monoisotopic (exact) mass is 295 g/mol. The number of carboxylic acids is 1. The topological polar surface area (TPSA) is 57.6 Å². The lowest BCUT2D eigenvalue weighted by molar-refractivity contribution is -0.150. The number of hydrogen-bond acceptors (Lipinski definition) is 2. The highest BCUT2D eigenvalue weighted by molar-refractivity contribution is 6.34. The van der Waals surface area contributed by atoms with E-state index in [2.05, 4.69) is 0 Å². The molecule has 0 spiro atoms. The summed E-state index contributed by atoms with van der Waals surface area (Å²) in [6.07, 6.45) is 0.940. The average molecular weight is 296 g/mol. The molecule has 0 radical (unpaired) electrons. The minimum atomic E-state index is -0.793. The summed E-state index contributed by atoms with van der Waals surface area (Å²) in [4.78, 5) is 25.3. The molecule has 0 unspecified atom stereocenters. The van der Waals surface area contributed by atoms with Crippen LogP contribution in [-0.2, 0) is 4.79 Å². The molecule has 0 aliphatic carbocycles. The number of hydrogen-bond donors (Lipinski definition) is 1. The lowest BCUT2D eigenvalue weighted by Gasteiger charge is -2.36. The van der Waals surface area contributed by atoms with Crippen molar-refractivity contribution < 1.29 is 14.7 Å². The van der Waals surface area contributed by atoms with Crippen LogP contribution in [0.4, 0.5) is 0 Å². The number of amides is 1. The number of carbonyl (C=O) groups excluding carboxylic acids is 1. The van der Waals surface area contributed by atoms with Gasteiger partial charge in [-0.3, -0.25) is 9.59 Å². The maximum atomic E-state index is 12.4. The SMILES string of the molecule is Cc1cccc(C(=O)N2CCC(C)(C(=O)O)CC2)c1Cl. The number of nitrogens with zero attached hydrogens (tertiary/aromatic N) is 1. The molecule has 1 N–H and O–H groups in total. The molecule has 0 atom stereocenters. The molecule has 1 aromatic carbocycles. The van der Waals surface area contributed by atoms with Crippen LogP contribution >= 0.6 is 11.6 Å². The summed E-state index contributed by atoms with van der Waals surface area (Å²) in [5.41, 5.74) is 0.628. The van der Waals surface area contributed by atoms with Gasteiger partial charge in [0.15, 0.2) is 0 Å². The van der Waals surface area contributed by atoms with Gasteiger partial charge in [0.1, 0.15) is 0 Å². The van der Waals surface area contributed by atoms with Crippen molar-refractivity contribution in [1.29, 1.82) is 0 Å². The van der Waals surface area contributed by atoms with E-state index in [0.717, 1.165) is 5.56 Å². The van der Waals surface area contributed by atoms with Crippen LogP contribution in [0.3, 0.4) is 0 Å². The summed E-state index contributed by atoms with van der Waals surface area (Å²) in [5, 5.41) is 9.67. The lowest BCUT2D eigenvalue weighted by Crippen LogP contribution is -2.45. The second-order valence-corrected chi connectivity index (χ2v) is 5.97. The molecule has 0 aromatic heterocycles. The summed E-state index contributed by atoms with van der Waals surface area (Å²) in [5.74, 6) is -0.913. The number of benzene rings is 1. The Balaban J connectivity index is 2.13. The van der Waals surface area contributed by atoms with E-state index in [-0.39, 0.29) is 5.91 Å². The molecule has 4 nitrogen and oxygen atoms in total. The normalized spacial score (nSPS) is 17.9. The number of aliphatic carboxylic acids is 1. The van der Waals surface area contributed by atoms with E-state index in [1.165, 1.54) is 0 Å². The molecule has 5 heteroatoms. The van der Waals surface area contributed by atoms with Crippen molar-refractivity contribution in [1.82, 2.24) is 4.90 Å². The quantitative estimate of drug-likeness (QED) is 0.912. The predicted octanol–water partition coefficient (Wildman–Crippen LogP) is 2.98. The van der Waals surface area contributed by atoms with Crippen molar-refractivity contribution in [3.8, 4) is 0 Å². The second-order valence-electron chi connectivity index (χ2n) is 5.59. The summed E-state index contributed by atoms with van der Waals surface area (Å²) in [7, 11) is 0. The van der Waals surface area contributed by atoms with Crippen molar-refractivity contribution in [2.24, 2.45) is 5.41 Å². The molecule has 20 heavy (non-hydrogen) atoms. The van der Waals surface area contributed by atoms with Crippen LogP contribution in [-0.4, -0.2) is 35.0 Å². The number of piperidine rings is 1. The molecule has 1 fully saturated rings. The minimum absolute atomic E-state index is 0.119. The van der Waals surface area contributed by atoms with Crippen LogP contribution in [0.25, 0.3) is 0 Å². The number of aryl methyl sites for hydroxylation is 1. The number of rotatable bonds is 2. The van der Waals surface area contributed by atoms with Crippen LogP contribution < -0.4 is 0 Å². The van der Waals surface area contributed by atoms with E-state index in [1.54, 1.807) is 24.0 Å². The summed E-state index contributed by atoms with van der Waals surface area (Å²) >= 11 is 6.17. The highest BCUT2D eigenvalue weighted by atomic mass is 35.5. The highest BCUT2D eigenvalue weighted by Crippen LogP contribution is 2.32. The number of likely N-dealkylation sites (tertiary alicyclic amines) is 1. The Morgan fingerprint density at radius 2 is 1.90 bits per heavy atom. The van der Waals surface area contributed by atoms with Crippen LogP contribution in [0, 0.1) is 12.3 Å². The summed E-state index contributed by atoms with van der Waals surface area (Å²) in [6.45, 7) is 4.49. The zero-order chi connectivity index (χ0) is 14.9. The Morgan fingerprint density at radius 1 is 1.30 bits per heavy atom. The van der Waals surface area contributed by atoms with Gasteiger partial charge < -0.3 is 10.0 Å². The number of halogens is 1. The molecule has 1 saturated heterocycles. The van der Waals surface area contributed by atoms with Crippen LogP contribution in [0.1, 0.15) is 35.7 Å². The third-order valence-corrected chi connectivity index (χ3v) is 4.59. The van der Waals surface area contributed by atoms with Gasteiger partial charge in [0.05, 0.1) is 16.0 Å². The highest BCUT2D eigenvalue weighted by Gasteiger charge is 2.38. The van der Waals surface area contributed by atoms with Gasteiger partial charge >= 0.3 is 5.97 Å². The van der Waals surface area contributed by atoms with Gasteiger partial charge in [0.25, 0.3) is 5.91 Å². The Labute approximate surface area is 123 Å². The number of carboxylic acid groups (broad SMARTS) is 1. The molecule has 1 aliphatic rings. The Morgan fingerprint density at radius 3 is 2.45 bits per heavy atom. The van der Waals surface area contributed by atoms with Crippen molar-refractivity contribution in [3.63, 3.8) is 0 Å². The van der Waals surface area contributed by atoms with Gasteiger partial charge in [-0.15, -0.1) is 0 Å². The minimum Gasteiger partial charge on any atom is -0.481 e. The molecule has 1 amide bonds.